The van der Waals surface area contributed by atoms with Crippen LogP contribution in [0.4, 0.5) is 9.59 Å². The standard InChI is InChI=1S/C14H19N5O7/c1-24-10(21)7(5-20)15-12(22)17-14(3-2-4-14)11-19-18-9(26-11)8-6-25-13(23)16-8/h7-8,20H,2-6H2,1H3,(H,16,23)(H2,15,17,22). The number of hydrogen-bond donors (Lipinski definition) is 4. The SMILES string of the molecule is COC(=O)C(CO)NC(=O)NC1(c2nnc(C3COC(=O)N3)o2)CCC1. The molecule has 1 saturated heterocycles. The Morgan fingerprint density at radius 3 is 2.77 bits per heavy atom. The summed E-state index contributed by atoms with van der Waals surface area (Å²) in [7, 11) is 1.16. The minimum Gasteiger partial charge on any atom is -0.467 e. The molecule has 4 N–H and O–H groups in total. The number of cyclic esters (lactones) is 1. The van der Waals surface area contributed by atoms with E-state index in [1.165, 1.54) is 0 Å². The van der Waals surface area contributed by atoms with Crippen LogP contribution in [-0.2, 0) is 19.8 Å². The van der Waals surface area contributed by atoms with E-state index in [-0.39, 0.29) is 18.4 Å². The summed E-state index contributed by atoms with van der Waals surface area (Å²) in [6.07, 6.45) is 1.40. The van der Waals surface area contributed by atoms with Crippen molar-refractivity contribution in [3.8, 4) is 0 Å². The number of rotatable bonds is 6. The first-order valence-corrected chi connectivity index (χ1v) is 8.02. The fraction of sp³-hybridized carbons (Fsp3) is 0.643. The van der Waals surface area contributed by atoms with Gasteiger partial charge in [0.25, 0.3) is 0 Å². The van der Waals surface area contributed by atoms with E-state index in [1.54, 1.807) is 0 Å². The predicted molar refractivity (Wildman–Crippen MR) is 81.6 cm³/mol. The Bertz CT molecular complexity index is 702. The Hall–Kier alpha value is -2.89. The van der Waals surface area contributed by atoms with Crippen LogP contribution in [0.1, 0.15) is 37.1 Å². The number of aromatic nitrogens is 2. The van der Waals surface area contributed by atoms with Crippen molar-refractivity contribution in [2.24, 2.45) is 0 Å². The monoisotopic (exact) mass is 369 g/mol. The Morgan fingerprint density at radius 2 is 2.23 bits per heavy atom. The molecule has 26 heavy (non-hydrogen) atoms. The summed E-state index contributed by atoms with van der Waals surface area (Å²) in [5.41, 5.74) is -0.866. The Morgan fingerprint density at radius 1 is 1.46 bits per heavy atom. The van der Waals surface area contributed by atoms with Gasteiger partial charge in [0.2, 0.25) is 11.8 Å². The van der Waals surface area contributed by atoms with Gasteiger partial charge in [0.05, 0.1) is 13.7 Å². The molecule has 2 heterocycles. The van der Waals surface area contributed by atoms with Crippen molar-refractivity contribution in [3.05, 3.63) is 11.8 Å². The van der Waals surface area contributed by atoms with E-state index >= 15 is 0 Å². The number of methoxy groups -OCH3 is 1. The Labute approximate surface area is 147 Å². The molecule has 2 aliphatic rings. The van der Waals surface area contributed by atoms with Crippen molar-refractivity contribution in [2.75, 3.05) is 20.3 Å². The molecule has 0 radical (unpaired) electrons. The largest absolute Gasteiger partial charge is 0.467 e. The summed E-state index contributed by atoms with van der Waals surface area (Å²) >= 11 is 0. The first kappa shape index (κ1) is 17.9. The van der Waals surface area contributed by atoms with Crippen molar-refractivity contribution in [3.63, 3.8) is 0 Å². The summed E-state index contributed by atoms with van der Waals surface area (Å²) < 4.78 is 14.9. The summed E-state index contributed by atoms with van der Waals surface area (Å²) in [6.45, 7) is -0.516. The van der Waals surface area contributed by atoms with Crippen LogP contribution in [-0.4, -0.2) is 59.8 Å². The number of alkyl carbamates (subject to hydrolysis) is 1. The number of ether oxygens (including phenoxy) is 2. The van der Waals surface area contributed by atoms with Crippen LogP contribution in [0.5, 0.6) is 0 Å². The highest BCUT2D eigenvalue weighted by Crippen LogP contribution is 2.41. The van der Waals surface area contributed by atoms with E-state index in [4.69, 9.17) is 9.15 Å². The average Bonchev–Trinajstić information content (AvgIpc) is 3.24. The van der Waals surface area contributed by atoms with E-state index in [9.17, 15) is 19.5 Å². The van der Waals surface area contributed by atoms with Crippen molar-refractivity contribution in [1.29, 1.82) is 0 Å². The highest BCUT2D eigenvalue weighted by Gasteiger charge is 2.46. The fourth-order valence-corrected chi connectivity index (χ4v) is 2.74. The number of urea groups is 1. The molecular formula is C14H19N5O7. The van der Waals surface area contributed by atoms with Crippen molar-refractivity contribution in [1.82, 2.24) is 26.1 Å². The second-order valence-corrected chi connectivity index (χ2v) is 6.03. The van der Waals surface area contributed by atoms with Gasteiger partial charge >= 0.3 is 18.1 Å². The number of nitrogens with one attached hydrogen (secondary N) is 3. The van der Waals surface area contributed by atoms with Crippen LogP contribution in [0, 0.1) is 0 Å². The number of carbonyl (C=O) groups excluding carboxylic acids is 3. The van der Waals surface area contributed by atoms with Crippen molar-refractivity contribution >= 4 is 18.1 Å². The zero-order valence-electron chi connectivity index (χ0n) is 14.0. The van der Waals surface area contributed by atoms with Gasteiger partial charge in [-0.2, -0.15) is 0 Å². The fourth-order valence-electron chi connectivity index (χ4n) is 2.74. The third-order valence-corrected chi connectivity index (χ3v) is 4.35. The average molecular weight is 369 g/mol. The maximum Gasteiger partial charge on any atom is 0.407 e. The molecule has 3 rings (SSSR count). The number of nitrogens with zero attached hydrogens (tertiary/aromatic N) is 2. The smallest absolute Gasteiger partial charge is 0.407 e. The van der Waals surface area contributed by atoms with E-state index in [0.29, 0.717) is 12.8 Å². The second kappa shape index (κ2) is 7.15. The van der Waals surface area contributed by atoms with Crippen LogP contribution < -0.4 is 16.0 Å². The molecule has 1 aliphatic carbocycles. The lowest BCUT2D eigenvalue weighted by Gasteiger charge is -2.39. The summed E-state index contributed by atoms with van der Waals surface area (Å²) in [5.74, 6) is -0.377. The minimum atomic E-state index is -1.18. The van der Waals surface area contributed by atoms with E-state index < -0.39 is 42.3 Å². The Kier molecular flexibility index (Phi) is 4.93. The lowest BCUT2D eigenvalue weighted by atomic mass is 9.76. The molecule has 3 amide bonds. The molecule has 2 fully saturated rings. The van der Waals surface area contributed by atoms with Crippen LogP contribution >= 0.6 is 0 Å². The Balaban J connectivity index is 1.67. The van der Waals surface area contributed by atoms with Gasteiger partial charge < -0.3 is 34.9 Å². The van der Waals surface area contributed by atoms with Crippen LogP contribution in [0.15, 0.2) is 4.42 Å². The van der Waals surface area contributed by atoms with Gasteiger partial charge in [-0.3, -0.25) is 0 Å². The highest BCUT2D eigenvalue weighted by molar-refractivity contribution is 5.84. The predicted octanol–water partition coefficient (Wildman–Crippen LogP) is -0.937. The molecular weight excluding hydrogens is 350 g/mol. The van der Waals surface area contributed by atoms with Crippen molar-refractivity contribution in [2.45, 2.75) is 36.9 Å². The molecule has 1 saturated carbocycles. The molecule has 12 heteroatoms. The maximum absolute atomic E-state index is 12.2. The van der Waals surface area contributed by atoms with Crippen LogP contribution in [0.25, 0.3) is 0 Å². The van der Waals surface area contributed by atoms with Crippen LogP contribution in [0.3, 0.4) is 0 Å². The zero-order valence-corrected chi connectivity index (χ0v) is 14.0. The molecule has 0 spiro atoms. The van der Waals surface area contributed by atoms with Gasteiger partial charge in [-0.25, -0.2) is 14.4 Å². The highest BCUT2D eigenvalue weighted by atomic mass is 16.6. The molecule has 0 aromatic carbocycles. The zero-order chi connectivity index (χ0) is 18.7. The minimum absolute atomic E-state index is 0.0820. The molecule has 12 nitrogen and oxygen atoms in total. The van der Waals surface area contributed by atoms with Gasteiger partial charge in [0.15, 0.2) is 6.04 Å². The molecule has 142 valence electrons. The molecule has 2 unspecified atom stereocenters. The third-order valence-electron chi connectivity index (χ3n) is 4.35. The second-order valence-electron chi connectivity index (χ2n) is 6.03. The first-order valence-electron chi connectivity index (χ1n) is 8.02. The first-order chi connectivity index (χ1) is 12.5. The third kappa shape index (κ3) is 3.40. The molecule has 1 aliphatic heterocycles. The molecule has 1 aromatic rings. The van der Waals surface area contributed by atoms with Gasteiger partial charge in [0.1, 0.15) is 18.2 Å². The number of aliphatic hydroxyl groups excluding tert-OH is 1. The van der Waals surface area contributed by atoms with Gasteiger partial charge in [-0.1, -0.05) is 0 Å². The van der Waals surface area contributed by atoms with Gasteiger partial charge in [0, 0.05) is 0 Å². The molecule has 2 atom stereocenters. The lowest BCUT2D eigenvalue weighted by Crippen LogP contribution is -2.57. The number of aliphatic hydroxyl groups is 1. The molecule has 1 aromatic heterocycles. The topological polar surface area (TPSA) is 165 Å². The maximum atomic E-state index is 12.2. The van der Waals surface area contributed by atoms with Gasteiger partial charge in [-0.15, -0.1) is 10.2 Å². The van der Waals surface area contributed by atoms with Crippen molar-refractivity contribution < 1.29 is 33.4 Å². The summed E-state index contributed by atoms with van der Waals surface area (Å²) in [5, 5.41) is 24.6. The van der Waals surface area contributed by atoms with Gasteiger partial charge in [-0.05, 0) is 19.3 Å². The quantitative estimate of drug-likeness (QED) is 0.463. The molecule has 0 bridgehead atoms. The van der Waals surface area contributed by atoms with Crippen LogP contribution in [0.2, 0.25) is 0 Å². The summed E-state index contributed by atoms with van der Waals surface area (Å²) in [6, 6.07) is -2.39. The summed E-state index contributed by atoms with van der Waals surface area (Å²) in [4.78, 5) is 34.8. The number of amides is 3. The van der Waals surface area contributed by atoms with E-state index in [2.05, 4.69) is 30.9 Å². The van der Waals surface area contributed by atoms with E-state index in [0.717, 1.165) is 13.5 Å². The normalized spacial score (nSPS) is 21.8. The lowest BCUT2D eigenvalue weighted by molar-refractivity contribution is -0.143. The number of hydrogen-bond acceptors (Lipinski definition) is 9. The van der Waals surface area contributed by atoms with E-state index in [1.807, 2.05) is 0 Å². The number of esters is 1. The number of carbonyl (C=O) groups is 3.